The highest BCUT2D eigenvalue weighted by atomic mass is 16.5. The highest BCUT2D eigenvalue weighted by Crippen LogP contribution is 2.18. The minimum Gasteiger partial charge on any atom is -0.497 e. The van der Waals surface area contributed by atoms with E-state index in [9.17, 15) is 9.59 Å². The second-order valence-electron chi connectivity index (χ2n) is 3.46. The molecular weight excluding hydrogens is 238 g/mol. The molecule has 0 fully saturated rings. The molecule has 98 valence electrons. The summed E-state index contributed by atoms with van der Waals surface area (Å²) in [5, 5.41) is 10.8. The zero-order valence-electron chi connectivity index (χ0n) is 10.0. The number of hydrogen-bond donors (Lipinski definition) is 2. The Hall–Kier alpha value is -2.24. The normalized spacial score (nSPS) is 9.61. The van der Waals surface area contributed by atoms with E-state index in [0.29, 0.717) is 11.5 Å². The van der Waals surface area contributed by atoms with E-state index in [0.717, 1.165) is 0 Å². The molecule has 2 N–H and O–H groups in total. The molecule has 0 radical (unpaired) electrons. The Kier molecular flexibility index (Phi) is 5.50. The lowest BCUT2D eigenvalue weighted by atomic mass is 10.3. The molecule has 0 aromatic heterocycles. The van der Waals surface area contributed by atoms with E-state index >= 15 is 0 Å². The number of carboxylic acids is 1. The fraction of sp³-hybridized carbons (Fsp3) is 0.333. The molecule has 1 amide bonds. The topological polar surface area (TPSA) is 84.9 Å². The molecule has 0 spiro atoms. The molecule has 0 aliphatic rings. The standard InChI is InChI=1S/C12H15NO5/c1-17-9-3-2-4-10(7-9)18-8-11(14)13-6-5-12(15)16/h2-4,7H,5-6,8H2,1H3,(H,13,14)(H,15,16). The van der Waals surface area contributed by atoms with Crippen LogP contribution in [0.1, 0.15) is 6.42 Å². The summed E-state index contributed by atoms with van der Waals surface area (Å²) in [6.45, 7) is -0.0670. The number of carbonyl (C=O) groups is 2. The van der Waals surface area contributed by atoms with Gasteiger partial charge < -0.3 is 19.9 Å². The summed E-state index contributed by atoms with van der Waals surface area (Å²) in [7, 11) is 1.54. The van der Waals surface area contributed by atoms with Crippen molar-refractivity contribution in [1.29, 1.82) is 0 Å². The number of ether oxygens (including phenoxy) is 2. The van der Waals surface area contributed by atoms with E-state index in [1.807, 2.05) is 0 Å². The third-order valence-electron chi connectivity index (χ3n) is 2.07. The molecule has 1 aromatic rings. The molecule has 1 rings (SSSR count). The first-order valence-electron chi connectivity index (χ1n) is 5.37. The third kappa shape index (κ3) is 5.20. The second-order valence-corrected chi connectivity index (χ2v) is 3.46. The summed E-state index contributed by atoms with van der Waals surface area (Å²) in [5.74, 6) is -0.162. The summed E-state index contributed by atoms with van der Waals surface area (Å²) >= 11 is 0. The van der Waals surface area contributed by atoms with E-state index in [-0.39, 0.29) is 25.5 Å². The van der Waals surface area contributed by atoms with Gasteiger partial charge in [-0.1, -0.05) is 6.07 Å². The second kappa shape index (κ2) is 7.16. The number of carboxylic acid groups (broad SMARTS) is 1. The van der Waals surface area contributed by atoms with Gasteiger partial charge in [-0.2, -0.15) is 0 Å². The molecule has 6 nitrogen and oxygen atoms in total. The van der Waals surface area contributed by atoms with Crippen molar-refractivity contribution in [2.75, 3.05) is 20.3 Å². The number of hydrogen-bond acceptors (Lipinski definition) is 4. The number of benzene rings is 1. The summed E-state index contributed by atoms with van der Waals surface area (Å²) in [6, 6.07) is 6.87. The number of nitrogens with one attached hydrogen (secondary N) is 1. The largest absolute Gasteiger partial charge is 0.497 e. The molecule has 1 aromatic carbocycles. The number of methoxy groups -OCH3 is 1. The van der Waals surface area contributed by atoms with Gasteiger partial charge in [0.15, 0.2) is 6.61 Å². The molecule has 0 saturated heterocycles. The van der Waals surface area contributed by atoms with Gasteiger partial charge in [0.2, 0.25) is 0 Å². The Balaban J connectivity index is 2.31. The van der Waals surface area contributed by atoms with Crippen LogP contribution in [-0.4, -0.2) is 37.2 Å². The van der Waals surface area contributed by atoms with Crippen molar-refractivity contribution in [2.24, 2.45) is 0 Å². The van der Waals surface area contributed by atoms with Crippen LogP contribution in [0, 0.1) is 0 Å². The van der Waals surface area contributed by atoms with Gasteiger partial charge in [0.25, 0.3) is 5.91 Å². The minimum absolute atomic E-state index is 0.0929. The quantitative estimate of drug-likeness (QED) is 0.745. The first-order valence-corrected chi connectivity index (χ1v) is 5.37. The smallest absolute Gasteiger partial charge is 0.305 e. The van der Waals surface area contributed by atoms with Gasteiger partial charge in [-0.25, -0.2) is 0 Å². The number of carbonyl (C=O) groups excluding carboxylic acids is 1. The zero-order chi connectivity index (χ0) is 13.4. The average molecular weight is 253 g/mol. The van der Waals surface area contributed by atoms with E-state index in [4.69, 9.17) is 14.6 Å². The maximum Gasteiger partial charge on any atom is 0.305 e. The van der Waals surface area contributed by atoms with Gasteiger partial charge in [0, 0.05) is 12.6 Å². The lowest BCUT2D eigenvalue weighted by Crippen LogP contribution is -2.30. The van der Waals surface area contributed by atoms with Crippen LogP contribution >= 0.6 is 0 Å². The molecule has 0 aliphatic heterocycles. The Morgan fingerprint density at radius 2 is 2.06 bits per heavy atom. The van der Waals surface area contributed by atoms with Crippen LogP contribution in [0.25, 0.3) is 0 Å². The van der Waals surface area contributed by atoms with Crippen LogP contribution in [0.15, 0.2) is 24.3 Å². The van der Waals surface area contributed by atoms with Crippen molar-refractivity contribution < 1.29 is 24.2 Å². The molecule has 18 heavy (non-hydrogen) atoms. The van der Waals surface area contributed by atoms with Crippen molar-refractivity contribution in [3.63, 3.8) is 0 Å². The zero-order valence-corrected chi connectivity index (χ0v) is 10.0. The van der Waals surface area contributed by atoms with Crippen LogP contribution in [0.2, 0.25) is 0 Å². The lowest BCUT2D eigenvalue weighted by molar-refractivity contribution is -0.137. The molecule has 0 bridgehead atoms. The van der Waals surface area contributed by atoms with Crippen molar-refractivity contribution in [3.05, 3.63) is 24.3 Å². The third-order valence-corrected chi connectivity index (χ3v) is 2.07. The van der Waals surface area contributed by atoms with E-state index in [1.54, 1.807) is 24.3 Å². The van der Waals surface area contributed by atoms with Crippen molar-refractivity contribution in [1.82, 2.24) is 5.32 Å². The molecule has 6 heteroatoms. The monoisotopic (exact) mass is 253 g/mol. The Morgan fingerprint density at radius 1 is 1.33 bits per heavy atom. The van der Waals surface area contributed by atoms with Crippen molar-refractivity contribution in [2.45, 2.75) is 6.42 Å². The number of rotatable bonds is 7. The fourth-order valence-electron chi connectivity index (χ4n) is 1.20. The van der Waals surface area contributed by atoms with Crippen molar-refractivity contribution in [3.8, 4) is 11.5 Å². The van der Waals surface area contributed by atoms with Gasteiger partial charge in [-0.15, -0.1) is 0 Å². The summed E-state index contributed by atoms with van der Waals surface area (Å²) in [6.07, 6.45) is -0.106. The average Bonchev–Trinajstić information content (AvgIpc) is 2.36. The highest BCUT2D eigenvalue weighted by molar-refractivity contribution is 5.78. The summed E-state index contributed by atoms with van der Waals surface area (Å²) in [4.78, 5) is 21.5. The lowest BCUT2D eigenvalue weighted by Gasteiger charge is -2.07. The van der Waals surface area contributed by atoms with E-state index in [2.05, 4.69) is 5.32 Å². The van der Waals surface area contributed by atoms with Crippen molar-refractivity contribution >= 4 is 11.9 Å². The van der Waals surface area contributed by atoms with Gasteiger partial charge >= 0.3 is 5.97 Å². The fourth-order valence-corrected chi connectivity index (χ4v) is 1.20. The van der Waals surface area contributed by atoms with Gasteiger partial charge in [0.1, 0.15) is 11.5 Å². The molecule has 0 unspecified atom stereocenters. The van der Waals surface area contributed by atoms with Gasteiger partial charge in [-0.05, 0) is 12.1 Å². The van der Waals surface area contributed by atoms with Gasteiger partial charge in [0.05, 0.1) is 13.5 Å². The molecule has 0 saturated carbocycles. The predicted molar refractivity (Wildman–Crippen MR) is 63.8 cm³/mol. The van der Waals surface area contributed by atoms with Crippen LogP contribution in [0.3, 0.4) is 0 Å². The van der Waals surface area contributed by atoms with Gasteiger partial charge in [-0.3, -0.25) is 9.59 Å². The number of aliphatic carboxylic acids is 1. The maximum atomic E-state index is 11.3. The minimum atomic E-state index is -0.955. The maximum absolute atomic E-state index is 11.3. The Labute approximate surface area is 105 Å². The Bertz CT molecular complexity index is 419. The van der Waals surface area contributed by atoms with E-state index in [1.165, 1.54) is 7.11 Å². The number of amides is 1. The highest BCUT2D eigenvalue weighted by Gasteiger charge is 2.04. The van der Waals surface area contributed by atoms with Crippen LogP contribution in [0.5, 0.6) is 11.5 Å². The Morgan fingerprint density at radius 3 is 2.72 bits per heavy atom. The molecule has 0 aliphatic carbocycles. The van der Waals surface area contributed by atoms with E-state index < -0.39 is 5.97 Å². The summed E-state index contributed by atoms with van der Waals surface area (Å²) in [5.41, 5.74) is 0. The molecular formula is C12H15NO5. The summed E-state index contributed by atoms with van der Waals surface area (Å²) < 4.78 is 10.2. The molecule has 0 heterocycles. The van der Waals surface area contributed by atoms with Crippen LogP contribution in [-0.2, 0) is 9.59 Å². The molecule has 0 atom stereocenters. The van der Waals surface area contributed by atoms with Crippen LogP contribution in [0.4, 0.5) is 0 Å². The SMILES string of the molecule is COc1cccc(OCC(=O)NCCC(=O)O)c1. The predicted octanol–water partition coefficient (Wildman–Crippen LogP) is 0.665. The van der Waals surface area contributed by atoms with Crippen LogP contribution < -0.4 is 14.8 Å². The first-order chi connectivity index (χ1) is 8.61. The first kappa shape index (κ1) is 13.8.